The Morgan fingerprint density at radius 3 is 2.93 bits per heavy atom. The van der Waals surface area contributed by atoms with Crippen LogP contribution in [0.15, 0.2) is 45.6 Å². The van der Waals surface area contributed by atoms with Crippen LogP contribution in [0.2, 0.25) is 0 Å². The second-order valence-corrected chi connectivity index (χ2v) is 3.76. The van der Waals surface area contributed by atoms with Crippen LogP contribution in [0.25, 0.3) is 0 Å². The first-order chi connectivity index (χ1) is 7.25. The van der Waals surface area contributed by atoms with E-state index >= 15 is 0 Å². The average Bonchev–Trinajstić information content (AvgIpc) is 2.70. The van der Waals surface area contributed by atoms with E-state index in [9.17, 15) is 4.79 Å². The van der Waals surface area contributed by atoms with Crippen molar-refractivity contribution in [2.24, 2.45) is 0 Å². The van der Waals surface area contributed by atoms with Gasteiger partial charge in [0.1, 0.15) is 6.26 Å². The van der Waals surface area contributed by atoms with Gasteiger partial charge in [-0.3, -0.25) is 4.79 Å². The van der Waals surface area contributed by atoms with E-state index in [2.05, 4.69) is 30.9 Å². The van der Waals surface area contributed by atoms with Crippen LogP contribution in [-0.4, -0.2) is 11.1 Å². The maximum Gasteiger partial charge on any atom is 0.256 e. The lowest BCUT2D eigenvalue weighted by Crippen LogP contribution is -2.11. The zero-order chi connectivity index (χ0) is 10.7. The van der Waals surface area contributed by atoms with E-state index in [1.807, 2.05) is 6.07 Å². The maximum atomic E-state index is 11.7. The van der Waals surface area contributed by atoms with Gasteiger partial charge in [-0.2, -0.15) is 0 Å². The molecule has 0 saturated heterocycles. The fraction of sp³-hybridized carbons (Fsp3) is 0. The topological polar surface area (TPSA) is 55.1 Å². The molecule has 5 heteroatoms. The van der Waals surface area contributed by atoms with Gasteiger partial charge in [0.25, 0.3) is 5.91 Å². The third-order valence-corrected chi connectivity index (χ3v) is 2.26. The van der Waals surface area contributed by atoms with E-state index in [4.69, 9.17) is 0 Å². The number of hydrogen-bond donors (Lipinski definition) is 1. The Bertz CT molecular complexity index is 468. The molecule has 76 valence electrons. The monoisotopic (exact) mass is 266 g/mol. The summed E-state index contributed by atoms with van der Waals surface area (Å²) in [5, 5.41) is 6.19. The Morgan fingerprint density at radius 1 is 1.40 bits per heavy atom. The number of carbonyl (C=O) groups excluding carboxylic acids is 1. The minimum Gasteiger partial charge on any atom is -0.363 e. The van der Waals surface area contributed by atoms with Crippen LogP contribution in [0.1, 0.15) is 10.4 Å². The van der Waals surface area contributed by atoms with Crippen LogP contribution < -0.4 is 5.32 Å². The summed E-state index contributed by atoms with van der Waals surface area (Å²) in [6.45, 7) is 0. The molecule has 0 aliphatic rings. The lowest BCUT2D eigenvalue weighted by molar-refractivity contribution is 0.102. The molecule has 0 spiro atoms. The van der Waals surface area contributed by atoms with Crippen molar-refractivity contribution in [3.63, 3.8) is 0 Å². The van der Waals surface area contributed by atoms with Crippen LogP contribution in [-0.2, 0) is 0 Å². The van der Waals surface area contributed by atoms with Crippen molar-refractivity contribution in [2.45, 2.75) is 0 Å². The largest absolute Gasteiger partial charge is 0.363 e. The molecule has 4 nitrogen and oxygen atoms in total. The van der Waals surface area contributed by atoms with Crippen molar-refractivity contribution < 1.29 is 9.32 Å². The molecule has 0 radical (unpaired) electrons. The fourth-order valence-electron chi connectivity index (χ4n) is 1.10. The zero-order valence-corrected chi connectivity index (χ0v) is 9.19. The first-order valence-electron chi connectivity index (χ1n) is 4.23. The highest BCUT2D eigenvalue weighted by Crippen LogP contribution is 2.13. The number of benzene rings is 1. The third kappa shape index (κ3) is 2.44. The van der Waals surface area contributed by atoms with Gasteiger partial charge in [-0.25, -0.2) is 0 Å². The van der Waals surface area contributed by atoms with E-state index in [0.29, 0.717) is 11.4 Å². The Kier molecular flexibility index (Phi) is 2.82. The second-order valence-electron chi connectivity index (χ2n) is 2.85. The van der Waals surface area contributed by atoms with Crippen LogP contribution in [0, 0.1) is 0 Å². The van der Waals surface area contributed by atoms with Crippen molar-refractivity contribution in [1.29, 1.82) is 0 Å². The standard InChI is InChI=1S/C10H7BrN2O2/c11-8-3-1-2-7(6-8)10(14)12-9-4-5-15-13-9/h1-6H,(H,12,13,14). The molecule has 2 rings (SSSR count). The van der Waals surface area contributed by atoms with Gasteiger partial charge < -0.3 is 9.84 Å². The van der Waals surface area contributed by atoms with Gasteiger partial charge in [-0.1, -0.05) is 27.2 Å². The second kappa shape index (κ2) is 4.27. The molecular formula is C10H7BrN2O2. The average molecular weight is 267 g/mol. The molecular weight excluding hydrogens is 260 g/mol. The van der Waals surface area contributed by atoms with E-state index < -0.39 is 0 Å². The smallest absolute Gasteiger partial charge is 0.256 e. The molecule has 0 saturated carbocycles. The summed E-state index contributed by atoms with van der Waals surface area (Å²) in [6.07, 6.45) is 1.40. The van der Waals surface area contributed by atoms with Crippen molar-refractivity contribution in [2.75, 3.05) is 5.32 Å². The summed E-state index contributed by atoms with van der Waals surface area (Å²) in [7, 11) is 0. The Morgan fingerprint density at radius 2 is 2.27 bits per heavy atom. The summed E-state index contributed by atoms with van der Waals surface area (Å²) in [5.74, 6) is 0.185. The van der Waals surface area contributed by atoms with Gasteiger partial charge >= 0.3 is 0 Å². The van der Waals surface area contributed by atoms with Crippen molar-refractivity contribution in [1.82, 2.24) is 5.16 Å². The lowest BCUT2D eigenvalue weighted by atomic mass is 10.2. The molecule has 1 aromatic heterocycles. The molecule has 1 aromatic carbocycles. The van der Waals surface area contributed by atoms with E-state index in [1.54, 1.807) is 24.3 Å². The Balaban J connectivity index is 2.15. The number of amides is 1. The Labute approximate surface area is 94.4 Å². The van der Waals surface area contributed by atoms with Crippen molar-refractivity contribution in [3.8, 4) is 0 Å². The van der Waals surface area contributed by atoms with Gasteiger partial charge in [0, 0.05) is 16.1 Å². The number of aromatic nitrogens is 1. The number of rotatable bonds is 2. The summed E-state index contributed by atoms with van der Waals surface area (Å²) in [4.78, 5) is 11.7. The van der Waals surface area contributed by atoms with Gasteiger partial charge in [0.15, 0.2) is 5.82 Å². The van der Waals surface area contributed by atoms with E-state index in [0.717, 1.165) is 4.47 Å². The zero-order valence-electron chi connectivity index (χ0n) is 7.61. The van der Waals surface area contributed by atoms with Gasteiger partial charge in [-0.15, -0.1) is 0 Å². The molecule has 1 N–H and O–H groups in total. The van der Waals surface area contributed by atoms with Gasteiger partial charge in [0.2, 0.25) is 0 Å². The lowest BCUT2D eigenvalue weighted by Gasteiger charge is -2.01. The molecule has 0 atom stereocenters. The number of anilines is 1. The molecule has 2 aromatic rings. The SMILES string of the molecule is O=C(Nc1ccon1)c1cccc(Br)c1. The molecule has 0 unspecified atom stereocenters. The third-order valence-electron chi connectivity index (χ3n) is 1.77. The van der Waals surface area contributed by atoms with E-state index in [1.165, 1.54) is 6.26 Å². The Hall–Kier alpha value is -1.62. The number of hydrogen-bond acceptors (Lipinski definition) is 3. The molecule has 15 heavy (non-hydrogen) atoms. The minimum atomic E-state index is -0.217. The highest BCUT2D eigenvalue weighted by atomic mass is 79.9. The fourth-order valence-corrected chi connectivity index (χ4v) is 1.49. The number of carbonyl (C=O) groups is 1. The van der Waals surface area contributed by atoms with Crippen LogP contribution in [0.5, 0.6) is 0 Å². The molecule has 0 aliphatic carbocycles. The summed E-state index contributed by atoms with van der Waals surface area (Å²) in [5.41, 5.74) is 0.562. The van der Waals surface area contributed by atoms with Gasteiger partial charge in [0.05, 0.1) is 0 Å². The van der Waals surface area contributed by atoms with Crippen molar-refractivity contribution in [3.05, 3.63) is 46.6 Å². The normalized spacial score (nSPS) is 9.93. The summed E-state index contributed by atoms with van der Waals surface area (Å²) >= 11 is 3.29. The highest BCUT2D eigenvalue weighted by molar-refractivity contribution is 9.10. The number of nitrogens with one attached hydrogen (secondary N) is 1. The maximum absolute atomic E-state index is 11.7. The van der Waals surface area contributed by atoms with Crippen LogP contribution in [0.3, 0.4) is 0 Å². The molecule has 1 heterocycles. The quantitative estimate of drug-likeness (QED) is 0.910. The minimum absolute atomic E-state index is 0.217. The van der Waals surface area contributed by atoms with Crippen LogP contribution in [0.4, 0.5) is 5.82 Å². The number of halogens is 1. The molecule has 1 amide bonds. The molecule has 0 bridgehead atoms. The van der Waals surface area contributed by atoms with Crippen LogP contribution >= 0.6 is 15.9 Å². The predicted octanol–water partition coefficient (Wildman–Crippen LogP) is 2.69. The summed E-state index contributed by atoms with van der Waals surface area (Å²) in [6, 6.07) is 8.68. The molecule has 0 fully saturated rings. The van der Waals surface area contributed by atoms with E-state index in [-0.39, 0.29) is 5.91 Å². The molecule has 0 aliphatic heterocycles. The number of nitrogens with zero attached hydrogens (tertiary/aromatic N) is 1. The summed E-state index contributed by atoms with van der Waals surface area (Å²) < 4.78 is 5.46. The highest BCUT2D eigenvalue weighted by Gasteiger charge is 2.07. The first kappa shape index (κ1) is 9.92. The van der Waals surface area contributed by atoms with Crippen molar-refractivity contribution >= 4 is 27.7 Å². The first-order valence-corrected chi connectivity index (χ1v) is 5.02. The van der Waals surface area contributed by atoms with Gasteiger partial charge in [-0.05, 0) is 18.2 Å². The predicted molar refractivity (Wildman–Crippen MR) is 58.6 cm³/mol.